The minimum Gasteiger partial charge on any atom is -0.368 e. The number of alkyl halides is 3. The highest BCUT2D eigenvalue weighted by molar-refractivity contribution is 5.81. The average molecular weight is 441 g/mol. The molecule has 1 amide bonds. The number of likely N-dealkylation sites (N-methyl/N-ethyl adjacent to an activating group) is 1. The molecular formula is C26H27F3N2O. The summed E-state index contributed by atoms with van der Waals surface area (Å²) in [6.45, 7) is 2.01. The van der Waals surface area contributed by atoms with Crippen molar-refractivity contribution in [1.29, 1.82) is 0 Å². The van der Waals surface area contributed by atoms with E-state index in [-0.39, 0.29) is 6.04 Å². The first kappa shape index (κ1) is 23.5. The lowest BCUT2D eigenvalue weighted by molar-refractivity contribution is -0.137. The number of hydrogen-bond acceptors (Lipinski definition) is 2. The number of hydrogen-bond donors (Lipinski definition) is 1. The Balaban J connectivity index is 1.90. The van der Waals surface area contributed by atoms with Crippen molar-refractivity contribution in [2.24, 2.45) is 5.73 Å². The molecule has 2 N–H and O–H groups in total. The van der Waals surface area contributed by atoms with Gasteiger partial charge in [-0.2, -0.15) is 13.2 Å². The summed E-state index contributed by atoms with van der Waals surface area (Å²) >= 11 is 0. The lowest BCUT2D eigenvalue weighted by Gasteiger charge is -2.35. The maximum absolute atomic E-state index is 12.9. The standard InChI is InChI=1S/C26H27F3N2O/c1-18-8-6-7-11-22(18)23(17-14-19-12-15-21(16-13-19)26(27,28)29)31(2)24(25(30)32)20-9-4-3-5-10-20/h3-13,15-16,23-24H,14,17H2,1-2H3,(H2,30,32). The fourth-order valence-electron chi connectivity index (χ4n) is 4.12. The molecule has 0 aromatic heterocycles. The molecule has 0 spiro atoms. The van der Waals surface area contributed by atoms with Crippen molar-refractivity contribution < 1.29 is 18.0 Å². The van der Waals surface area contributed by atoms with Crippen molar-refractivity contribution >= 4 is 5.91 Å². The van der Waals surface area contributed by atoms with Crippen LogP contribution in [-0.2, 0) is 17.4 Å². The molecule has 0 saturated carbocycles. The maximum atomic E-state index is 12.9. The normalized spacial score (nSPS) is 13.7. The predicted octanol–water partition coefficient (Wildman–Crippen LogP) is 5.85. The molecule has 0 fully saturated rings. The number of benzene rings is 3. The second-order valence-corrected chi connectivity index (χ2v) is 7.99. The third-order valence-electron chi connectivity index (χ3n) is 5.82. The SMILES string of the molecule is Cc1ccccc1C(CCc1ccc(C(F)(F)F)cc1)N(C)C(C(N)=O)c1ccccc1. The van der Waals surface area contributed by atoms with Gasteiger partial charge in [0.25, 0.3) is 0 Å². The summed E-state index contributed by atoms with van der Waals surface area (Å²) in [5, 5.41) is 0. The minimum atomic E-state index is -4.35. The second kappa shape index (κ2) is 10.0. The molecule has 2 unspecified atom stereocenters. The van der Waals surface area contributed by atoms with Crippen LogP contribution in [0.4, 0.5) is 13.2 Å². The van der Waals surface area contributed by atoms with E-state index in [1.807, 2.05) is 73.5 Å². The number of aryl methyl sites for hydroxylation is 2. The van der Waals surface area contributed by atoms with E-state index in [1.54, 1.807) is 0 Å². The maximum Gasteiger partial charge on any atom is 0.416 e. The van der Waals surface area contributed by atoms with E-state index < -0.39 is 23.7 Å². The van der Waals surface area contributed by atoms with Crippen LogP contribution in [0.15, 0.2) is 78.9 Å². The Morgan fingerprint density at radius 2 is 1.53 bits per heavy atom. The van der Waals surface area contributed by atoms with E-state index in [2.05, 4.69) is 0 Å². The molecular weight excluding hydrogens is 413 g/mol. The molecule has 32 heavy (non-hydrogen) atoms. The van der Waals surface area contributed by atoms with Gasteiger partial charge in [0.05, 0.1) is 5.56 Å². The van der Waals surface area contributed by atoms with Crippen molar-refractivity contribution in [1.82, 2.24) is 4.90 Å². The van der Waals surface area contributed by atoms with Crippen LogP contribution >= 0.6 is 0 Å². The van der Waals surface area contributed by atoms with Gasteiger partial charge in [-0.3, -0.25) is 9.69 Å². The number of halogens is 3. The van der Waals surface area contributed by atoms with Gasteiger partial charge in [0.1, 0.15) is 6.04 Å². The molecule has 0 aliphatic heterocycles. The smallest absolute Gasteiger partial charge is 0.368 e. The highest BCUT2D eigenvalue weighted by Gasteiger charge is 2.31. The molecule has 3 rings (SSSR count). The van der Waals surface area contributed by atoms with Crippen LogP contribution in [0, 0.1) is 6.92 Å². The number of nitrogens with two attached hydrogens (primary N) is 1. The first-order valence-electron chi connectivity index (χ1n) is 10.5. The third-order valence-corrected chi connectivity index (χ3v) is 5.82. The average Bonchev–Trinajstić information content (AvgIpc) is 2.75. The van der Waals surface area contributed by atoms with Crippen molar-refractivity contribution in [3.63, 3.8) is 0 Å². The van der Waals surface area contributed by atoms with Gasteiger partial charge >= 0.3 is 6.18 Å². The number of amides is 1. The molecule has 0 saturated heterocycles. The van der Waals surface area contributed by atoms with Gasteiger partial charge in [-0.1, -0.05) is 66.7 Å². The Morgan fingerprint density at radius 3 is 2.09 bits per heavy atom. The van der Waals surface area contributed by atoms with Gasteiger partial charge in [-0.05, 0) is 61.2 Å². The minimum absolute atomic E-state index is 0.156. The number of primary amides is 1. The lowest BCUT2D eigenvalue weighted by atomic mass is 9.92. The lowest BCUT2D eigenvalue weighted by Crippen LogP contribution is -2.38. The monoisotopic (exact) mass is 440 g/mol. The Bertz CT molecular complexity index is 1030. The molecule has 0 radical (unpaired) electrons. The van der Waals surface area contributed by atoms with Crippen LogP contribution in [0.3, 0.4) is 0 Å². The summed E-state index contributed by atoms with van der Waals surface area (Å²) in [6, 6.07) is 21.7. The van der Waals surface area contributed by atoms with Crippen LogP contribution in [0.1, 0.15) is 46.3 Å². The van der Waals surface area contributed by atoms with E-state index in [0.717, 1.165) is 34.4 Å². The van der Waals surface area contributed by atoms with Crippen LogP contribution < -0.4 is 5.73 Å². The summed E-state index contributed by atoms with van der Waals surface area (Å²) < 4.78 is 38.6. The molecule has 0 aliphatic rings. The molecule has 3 aromatic rings. The molecule has 3 nitrogen and oxygen atoms in total. The van der Waals surface area contributed by atoms with Gasteiger partial charge in [-0.25, -0.2) is 0 Å². The quantitative estimate of drug-likeness (QED) is 0.478. The zero-order valence-corrected chi connectivity index (χ0v) is 18.1. The summed E-state index contributed by atoms with van der Waals surface area (Å²) in [5.74, 6) is -0.452. The van der Waals surface area contributed by atoms with Crippen molar-refractivity contribution in [2.75, 3.05) is 7.05 Å². The van der Waals surface area contributed by atoms with E-state index >= 15 is 0 Å². The first-order chi connectivity index (χ1) is 15.2. The van der Waals surface area contributed by atoms with E-state index in [0.29, 0.717) is 12.8 Å². The second-order valence-electron chi connectivity index (χ2n) is 7.99. The highest BCUT2D eigenvalue weighted by atomic mass is 19.4. The van der Waals surface area contributed by atoms with Gasteiger partial charge < -0.3 is 5.73 Å². The van der Waals surface area contributed by atoms with Gasteiger partial charge in [0.15, 0.2) is 0 Å². The highest BCUT2D eigenvalue weighted by Crippen LogP contribution is 2.34. The molecule has 0 bridgehead atoms. The van der Waals surface area contributed by atoms with Crippen LogP contribution in [-0.4, -0.2) is 17.9 Å². The summed E-state index contributed by atoms with van der Waals surface area (Å²) in [5.41, 5.74) is 8.88. The summed E-state index contributed by atoms with van der Waals surface area (Å²) in [7, 11) is 1.87. The number of rotatable bonds is 8. The zero-order valence-electron chi connectivity index (χ0n) is 18.1. The third kappa shape index (κ3) is 5.56. The Labute approximate surface area is 186 Å². The molecule has 3 aromatic carbocycles. The van der Waals surface area contributed by atoms with Crippen molar-refractivity contribution in [2.45, 2.75) is 38.0 Å². The Kier molecular flexibility index (Phi) is 7.36. The van der Waals surface area contributed by atoms with E-state index in [4.69, 9.17) is 5.73 Å². The number of nitrogens with zero attached hydrogens (tertiary/aromatic N) is 1. The van der Waals surface area contributed by atoms with E-state index in [9.17, 15) is 18.0 Å². The topological polar surface area (TPSA) is 46.3 Å². The predicted molar refractivity (Wildman–Crippen MR) is 120 cm³/mol. The fraction of sp³-hybridized carbons (Fsp3) is 0.269. The van der Waals surface area contributed by atoms with Gasteiger partial charge in [0, 0.05) is 6.04 Å². The Hall–Kier alpha value is -3.12. The zero-order chi connectivity index (χ0) is 23.3. The summed E-state index contributed by atoms with van der Waals surface area (Å²) in [6.07, 6.45) is -3.18. The Morgan fingerprint density at radius 1 is 0.938 bits per heavy atom. The molecule has 2 atom stereocenters. The number of carbonyl (C=O) groups excluding carboxylic acids is 1. The van der Waals surface area contributed by atoms with Crippen LogP contribution in [0.2, 0.25) is 0 Å². The van der Waals surface area contributed by atoms with Crippen molar-refractivity contribution in [3.8, 4) is 0 Å². The van der Waals surface area contributed by atoms with E-state index in [1.165, 1.54) is 12.1 Å². The van der Waals surface area contributed by atoms with Crippen LogP contribution in [0.25, 0.3) is 0 Å². The van der Waals surface area contributed by atoms with Gasteiger partial charge in [-0.15, -0.1) is 0 Å². The van der Waals surface area contributed by atoms with Crippen molar-refractivity contribution in [3.05, 3.63) is 107 Å². The van der Waals surface area contributed by atoms with Gasteiger partial charge in [0.2, 0.25) is 5.91 Å². The molecule has 168 valence electrons. The molecule has 6 heteroatoms. The summed E-state index contributed by atoms with van der Waals surface area (Å²) in [4.78, 5) is 14.4. The molecule has 0 heterocycles. The largest absolute Gasteiger partial charge is 0.416 e. The number of carbonyl (C=O) groups is 1. The molecule has 0 aliphatic carbocycles. The van der Waals surface area contributed by atoms with Crippen LogP contribution in [0.5, 0.6) is 0 Å². The fourth-order valence-corrected chi connectivity index (χ4v) is 4.12. The first-order valence-corrected chi connectivity index (χ1v) is 10.5.